The first-order chi connectivity index (χ1) is 6.47. The normalized spacial score (nSPS) is 57.6. The van der Waals surface area contributed by atoms with Gasteiger partial charge in [-0.2, -0.15) is 0 Å². The van der Waals surface area contributed by atoms with Crippen LogP contribution in [0.25, 0.3) is 0 Å². The lowest BCUT2D eigenvalue weighted by Crippen LogP contribution is -2.54. The van der Waals surface area contributed by atoms with E-state index in [9.17, 15) is 20.4 Å². The van der Waals surface area contributed by atoms with Crippen LogP contribution in [0.1, 0.15) is 13.3 Å². The summed E-state index contributed by atoms with van der Waals surface area (Å²) in [6.45, 7) is 1.59. The fraction of sp³-hybridized carbons (Fsp3) is 1.00. The van der Waals surface area contributed by atoms with Gasteiger partial charge in [0, 0.05) is 12.3 Å². The van der Waals surface area contributed by atoms with Crippen LogP contribution < -0.4 is 0 Å². The van der Waals surface area contributed by atoms with Crippen molar-refractivity contribution in [2.45, 2.75) is 36.8 Å². The van der Waals surface area contributed by atoms with E-state index < -0.39 is 29.3 Å². The highest BCUT2D eigenvalue weighted by atomic mass is 16.5. The third-order valence-corrected chi connectivity index (χ3v) is 3.79. The van der Waals surface area contributed by atoms with Gasteiger partial charge in [-0.15, -0.1) is 0 Å². The van der Waals surface area contributed by atoms with Crippen molar-refractivity contribution in [1.82, 2.24) is 0 Å². The Labute approximate surface area is 81.9 Å². The molecular weight excluding hydrogens is 188 g/mol. The van der Waals surface area contributed by atoms with Crippen LogP contribution in [0.15, 0.2) is 0 Å². The second-order valence-corrected chi connectivity index (χ2v) is 4.40. The van der Waals surface area contributed by atoms with Crippen molar-refractivity contribution < 1.29 is 25.2 Å². The van der Waals surface area contributed by atoms with Crippen molar-refractivity contribution in [2.75, 3.05) is 13.2 Å². The molecule has 14 heavy (non-hydrogen) atoms. The summed E-state index contributed by atoms with van der Waals surface area (Å²) >= 11 is 0. The molecule has 0 aromatic heterocycles. The maximum Gasteiger partial charge on any atom is 0.112 e. The Morgan fingerprint density at radius 3 is 2.43 bits per heavy atom. The van der Waals surface area contributed by atoms with Gasteiger partial charge < -0.3 is 25.2 Å². The van der Waals surface area contributed by atoms with Gasteiger partial charge in [0.15, 0.2) is 0 Å². The Hall–Kier alpha value is -0.200. The molecule has 0 radical (unpaired) electrons. The number of fused-ring (bicyclic) bond motifs is 2. The SMILES string of the molecule is C[C@]12OCC[C@](O)(C1CO)[C@H](O)[C@@H]2O. The average molecular weight is 204 g/mol. The van der Waals surface area contributed by atoms with E-state index in [4.69, 9.17) is 4.74 Å². The van der Waals surface area contributed by atoms with Gasteiger partial charge in [-0.05, 0) is 6.92 Å². The van der Waals surface area contributed by atoms with E-state index >= 15 is 0 Å². The van der Waals surface area contributed by atoms with Crippen molar-refractivity contribution in [2.24, 2.45) is 5.92 Å². The predicted octanol–water partition coefficient (Wildman–Crippen LogP) is -1.76. The molecule has 5 heteroatoms. The fourth-order valence-corrected chi connectivity index (χ4v) is 2.78. The zero-order valence-corrected chi connectivity index (χ0v) is 8.05. The van der Waals surface area contributed by atoms with Gasteiger partial charge >= 0.3 is 0 Å². The second-order valence-electron chi connectivity index (χ2n) is 4.40. The van der Waals surface area contributed by atoms with E-state index in [0.717, 1.165) is 0 Å². The lowest BCUT2D eigenvalue weighted by Gasteiger charge is -2.42. The Morgan fingerprint density at radius 2 is 2.00 bits per heavy atom. The fourth-order valence-electron chi connectivity index (χ4n) is 2.78. The highest BCUT2D eigenvalue weighted by molar-refractivity contribution is 5.17. The topological polar surface area (TPSA) is 90.2 Å². The zero-order valence-electron chi connectivity index (χ0n) is 8.05. The van der Waals surface area contributed by atoms with Gasteiger partial charge in [-0.3, -0.25) is 0 Å². The molecule has 5 nitrogen and oxygen atoms in total. The van der Waals surface area contributed by atoms with Crippen LogP contribution in [0.4, 0.5) is 0 Å². The molecular formula is C9H16O5. The van der Waals surface area contributed by atoms with E-state index in [1.54, 1.807) is 6.92 Å². The van der Waals surface area contributed by atoms with Crippen molar-refractivity contribution in [1.29, 1.82) is 0 Å². The lowest BCUT2D eigenvalue weighted by atomic mass is 9.80. The number of aliphatic hydroxyl groups is 4. The van der Waals surface area contributed by atoms with E-state index in [1.165, 1.54) is 0 Å². The molecule has 0 amide bonds. The highest BCUT2D eigenvalue weighted by Crippen LogP contribution is 2.50. The van der Waals surface area contributed by atoms with Crippen LogP contribution in [0.2, 0.25) is 0 Å². The average Bonchev–Trinajstić information content (AvgIpc) is 2.21. The molecule has 5 atom stereocenters. The van der Waals surface area contributed by atoms with Crippen LogP contribution in [-0.4, -0.2) is 57.0 Å². The van der Waals surface area contributed by atoms with Crippen molar-refractivity contribution in [3.05, 3.63) is 0 Å². The lowest BCUT2D eigenvalue weighted by molar-refractivity contribution is -0.188. The molecule has 0 aromatic carbocycles. The quantitative estimate of drug-likeness (QED) is 0.406. The molecule has 2 bridgehead atoms. The molecule has 1 aliphatic carbocycles. The first kappa shape index (κ1) is 10.3. The minimum atomic E-state index is -1.42. The third-order valence-electron chi connectivity index (χ3n) is 3.79. The van der Waals surface area contributed by atoms with E-state index in [0.29, 0.717) is 0 Å². The summed E-state index contributed by atoms with van der Waals surface area (Å²) in [7, 11) is 0. The summed E-state index contributed by atoms with van der Waals surface area (Å²) in [6, 6.07) is 0. The second kappa shape index (κ2) is 2.90. The van der Waals surface area contributed by atoms with Crippen LogP contribution >= 0.6 is 0 Å². The molecule has 2 fully saturated rings. The predicted molar refractivity (Wildman–Crippen MR) is 46.5 cm³/mol. The van der Waals surface area contributed by atoms with Gasteiger partial charge in [0.2, 0.25) is 0 Å². The highest BCUT2D eigenvalue weighted by Gasteiger charge is 2.67. The molecule has 2 rings (SSSR count). The minimum Gasteiger partial charge on any atom is -0.396 e. The Kier molecular flexibility index (Phi) is 2.14. The smallest absolute Gasteiger partial charge is 0.112 e. The number of hydrogen-bond acceptors (Lipinski definition) is 5. The first-order valence-electron chi connectivity index (χ1n) is 4.80. The number of rotatable bonds is 1. The van der Waals surface area contributed by atoms with E-state index in [2.05, 4.69) is 0 Å². The largest absolute Gasteiger partial charge is 0.396 e. The molecule has 2 aliphatic rings. The maximum atomic E-state index is 10.1. The monoisotopic (exact) mass is 204 g/mol. The first-order valence-corrected chi connectivity index (χ1v) is 4.80. The Balaban J connectivity index is 2.43. The molecule has 1 saturated heterocycles. The molecule has 82 valence electrons. The maximum absolute atomic E-state index is 10.1. The summed E-state index contributed by atoms with van der Waals surface area (Å²) in [5, 5.41) is 38.8. The van der Waals surface area contributed by atoms with Gasteiger partial charge in [0.25, 0.3) is 0 Å². The van der Waals surface area contributed by atoms with Gasteiger partial charge in [0.05, 0.1) is 13.2 Å². The zero-order chi connectivity index (χ0) is 10.6. The molecule has 4 N–H and O–H groups in total. The standard InChI is InChI=1S/C9H16O5/c1-8-5(4-10)9(13,2-3-14-8)7(12)6(8)11/h5-7,10-13H,2-4H2,1H3/t5?,6-,7+,8-,9-/m0/s1. The molecule has 1 saturated carbocycles. The van der Waals surface area contributed by atoms with Crippen molar-refractivity contribution >= 4 is 0 Å². The Bertz CT molecular complexity index is 223. The summed E-state index contributed by atoms with van der Waals surface area (Å²) in [5.74, 6) is -0.631. The molecule has 1 aliphatic heterocycles. The summed E-state index contributed by atoms with van der Waals surface area (Å²) < 4.78 is 5.38. The van der Waals surface area contributed by atoms with Crippen LogP contribution in [-0.2, 0) is 4.74 Å². The molecule has 1 unspecified atom stereocenters. The minimum absolute atomic E-state index is 0.242. The molecule has 1 heterocycles. The van der Waals surface area contributed by atoms with Gasteiger partial charge in [-0.25, -0.2) is 0 Å². The van der Waals surface area contributed by atoms with E-state index in [-0.39, 0.29) is 19.6 Å². The summed E-state index contributed by atoms with van der Waals surface area (Å²) in [4.78, 5) is 0. The number of hydrogen-bond donors (Lipinski definition) is 4. The number of aliphatic hydroxyl groups excluding tert-OH is 3. The van der Waals surface area contributed by atoms with Crippen molar-refractivity contribution in [3.8, 4) is 0 Å². The summed E-state index contributed by atoms with van der Waals surface area (Å²) in [6.07, 6.45) is -2.15. The number of ether oxygens (including phenoxy) is 1. The van der Waals surface area contributed by atoms with Gasteiger partial charge in [-0.1, -0.05) is 0 Å². The molecule has 0 aromatic rings. The van der Waals surface area contributed by atoms with Crippen LogP contribution in [0.5, 0.6) is 0 Å². The molecule has 0 spiro atoms. The van der Waals surface area contributed by atoms with Gasteiger partial charge in [0.1, 0.15) is 23.4 Å². The summed E-state index contributed by atoms with van der Waals surface area (Å²) in [5.41, 5.74) is -2.46. The van der Waals surface area contributed by atoms with Crippen molar-refractivity contribution in [3.63, 3.8) is 0 Å². The van der Waals surface area contributed by atoms with Crippen LogP contribution in [0, 0.1) is 5.92 Å². The van der Waals surface area contributed by atoms with Crippen LogP contribution in [0.3, 0.4) is 0 Å². The Morgan fingerprint density at radius 1 is 1.36 bits per heavy atom. The van der Waals surface area contributed by atoms with E-state index in [1.807, 2.05) is 0 Å². The third kappa shape index (κ3) is 0.963.